The molecular weight excluding hydrogens is 280 g/mol. The molecule has 1 heterocycles. The summed E-state index contributed by atoms with van der Waals surface area (Å²) in [6.07, 6.45) is 5.45. The van der Waals surface area contributed by atoms with Crippen molar-refractivity contribution in [2.24, 2.45) is 5.84 Å². The predicted molar refractivity (Wildman–Crippen MR) is 77.6 cm³/mol. The van der Waals surface area contributed by atoms with Gasteiger partial charge in [0.05, 0.1) is 5.69 Å². The van der Waals surface area contributed by atoms with Crippen molar-refractivity contribution in [2.75, 3.05) is 25.2 Å². The highest BCUT2D eigenvalue weighted by atomic mass is 32.2. The van der Waals surface area contributed by atoms with E-state index in [0.717, 1.165) is 12.8 Å². The number of hydrogen-bond donors (Lipinski definition) is 3. The number of pyridine rings is 1. The molecule has 114 valence electrons. The molecule has 7 nitrogen and oxygen atoms in total. The Labute approximate surface area is 119 Å². The van der Waals surface area contributed by atoms with Crippen LogP contribution >= 0.6 is 0 Å². The topological polar surface area (TPSA) is 106 Å². The van der Waals surface area contributed by atoms with Crippen molar-refractivity contribution in [1.29, 1.82) is 0 Å². The van der Waals surface area contributed by atoms with Gasteiger partial charge in [0.2, 0.25) is 10.0 Å². The van der Waals surface area contributed by atoms with Gasteiger partial charge in [0, 0.05) is 32.2 Å². The second-order valence-corrected chi connectivity index (χ2v) is 5.97. The number of aromatic nitrogens is 1. The van der Waals surface area contributed by atoms with E-state index in [1.807, 2.05) is 0 Å². The largest absolute Gasteiger partial charge is 0.381 e. The summed E-state index contributed by atoms with van der Waals surface area (Å²) < 4.78 is 32.0. The summed E-state index contributed by atoms with van der Waals surface area (Å²) in [6.45, 7) is 3.66. The summed E-state index contributed by atoms with van der Waals surface area (Å²) in [5.74, 6) is 5.28. The van der Waals surface area contributed by atoms with Crippen molar-refractivity contribution in [3.8, 4) is 0 Å². The molecule has 0 unspecified atom stereocenters. The molecule has 0 bridgehead atoms. The minimum absolute atomic E-state index is 0.0365. The monoisotopic (exact) mass is 302 g/mol. The standard InChI is InChI=1S/C12H22N4O3S/c1-2-3-8-19-9-4-6-15-20(17,18)12-10-14-7-5-11(12)16-13/h5,7,10,15H,2-4,6,8-9,13H2,1H3,(H,14,16). The van der Waals surface area contributed by atoms with Gasteiger partial charge in [-0.25, -0.2) is 13.1 Å². The quantitative estimate of drug-likeness (QED) is 0.336. The zero-order chi connectivity index (χ0) is 14.8. The average Bonchev–Trinajstić information content (AvgIpc) is 2.46. The van der Waals surface area contributed by atoms with Crippen molar-refractivity contribution in [3.05, 3.63) is 18.5 Å². The Morgan fingerprint density at radius 3 is 2.80 bits per heavy atom. The Morgan fingerprint density at radius 1 is 1.35 bits per heavy atom. The van der Waals surface area contributed by atoms with Gasteiger partial charge in [-0.1, -0.05) is 13.3 Å². The molecule has 20 heavy (non-hydrogen) atoms. The number of nitrogens with two attached hydrogens (primary N) is 1. The SMILES string of the molecule is CCCCOCCCNS(=O)(=O)c1cnccc1NN. The van der Waals surface area contributed by atoms with E-state index in [1.54, 1.807) is 0 Å². The second-order valence-electron chi connectivity index (χ2n) is 4.23. The number of hydrazine groups is 1. The molecule has 8 heteroatoms. The van der Waals surface area contributed by atoms with Crippen molar-refractivity contribution in [3.63, 3.8) is 0 Å². The number of nitrogen functional groups attached to an aromatic ring is 1. The molecule has 1 rings (SSSR count). The third-order valence-electron chi connectivity index (χ3n) is 2.63. The van der Waals surface area contributed by atoms with Crippen LogP contribution in [0.1, 0.15) is 26.2 Å². The van der Waals surface area contributed by atoms with E-state index >= 15 is 0 Å². The molecule has 1 aromatic rings. The van der Waals surface area contributed by atoms with Crippen LogP contribution in [0.4, 0.5) is 5.69 Å². The molecule has 0 atom stereocenters. The van der Waals surface area contributed by atoms with Crippen molar-refractivity contribution >= 4 is 15.7 Å². The van der Waals surface area contributed by atoms with E-state index in [1.165, 1.54) is 18.5 Å². The van der Waals surface area contributed by atoms with E-state index in [0.29, 0.717) is 31.9 Å². The normalized spacial score (nSPS) is 11.5. The number of unbranched alkanes of at least 4 members (excludes halogenated alkanes) is 1. The number of ether oxygens (including phenoxy) is 1. The minimum Gasteiger partial charge on any atom is -0.381 e. The van der Waals surface area contributed by atoms with E-state index in [-0.39, 0.29) is 4.90 Å². The van der Waals surface area contributed by atoms with Crippen LogP contribution in [0.2, 0.25) is 0 Å². The Kier molecular flexibility index (Phi) is 7.45. The van der Waals surface area contributed by atoms with Crippen LogP contribution in [-0.2, 0) is 14.8 Å². The molecular formula is C12H22N4O3S. The maximum Gasteiger partial charge on any atom is 0.244 e. The van der Waals surface area contributed by atoms with Gasteiger partial charge in [-0.15, -0.1) is 0 Å². The fourth-order valence-electron chi connectivity index (χ4n) is 1.52. The first kappa shape index (κ1) is 16.8. The minimum atomic E-state index is -3.61. The Balaban J connectivity index is 2.42. The van der Waals surface area contributed by atoms with Crippen LogP contribution in [0.25, 0.3) is 0 Å². The summed E-state index contributed by atoms with van der Waals surface area (Å²) in [5, 5.41) is 0. The summed E-state index contributed by atoms with van der Waals surface area (Å²) in [6, 6.07) is 1.50. The zero-order valence-electron chi connectivity index (χ0n) is 11.6. The molecule has 1 aromatic heterocycles. The Morgan fingerprint density at radius 2 is 2.10 bits per heavy atom. The van der Waals surface area contributed by atoms with Gasteiger partial charge in [0.1, 0.15) is 4.90 Å². The van der Waals surface area contributed by atoms with Gasteiger partial charge in [-0.3, -0.25) is 10.8 Å². The number of hydrogen-bond acceptors (Lipinski definition) is 6. The molecule has 0 spiro atoms. The van der Waals surface area contributed by atoms with Crippen LogP contribution in [0.5, 0.6) is 0 Å². The van der Waals surface area contributed by atoms with Crippen LogP contribution < -0.4 is 16.0 Å². The van der Waals surface area contributed by atoms with Gasteiger partial charge in [0.15, 0.2) is 0 Å². The van der Waals surface area contributed by atoms with Gasteiger partial charge in [0.25, 0.3) is 0 Å². The first-order valence-corrected chi connectivity index (χ1v) is 8.08. The lowest BCUT2D eigenvalue weighted by Gasteiger charge is -2.10. The lowest BCUT2D eigenvalue weighted by atomic mass is 10.4. The first-order valence-electron chi connectivity index (χ1n) is 6.60. The molecule has 0 saturated heterocycles. The van der Waals surface area contributed by atoms with Gasteiger partial charge in [-0.05, 0) is 18.9 Å². The third-order valence-corrected chi connectivity index (χ3v) is 4.12. The van der Waals surface area contributed by atoms with Crippen molar-refractivity contribution < 1.29 is 13.2 Å². The molecule has 0 amide bonds. The lowest BCUT2D eigenvalue weighted by Crippen LogP contribution is -2.27. The number of sulfonamides is 1. The van der Waals surface area contributed by atoms with E-state index in [4.69, 9.17) is 10.6 Å². The molecule has 0 fully saturated rings. The molecule has 0 radical (unpaired) electrons. The fraction of sp³-hybridized carbons (Fsp3) is 0.583. The zero-order valence-corrected chi connectivity index (χ0v) is 12.4. The van der Waals surface area contributed by atoms with E-state index in [9.17, 15) is 8.42 Å². The number of rotatable bonds is 10. The highest BCUT2D eigenvalue weighted by Crippen LogP contribution is 2.17. The van der Waals surface area contributed by atoms with Gasteiger partial charge in [-0.2, -0.15) is 0 Å². The Hall–Kier alpha value is -1.22. The smallest absolute Gasteiger partial charge is 0.244 e. The molecule has 0 aromatic carbocycles. The highest BCUT2D eigenvalue weighted by Gasteiger charge is 2.17. The summed E-state index contributed by atoms with van der Waals surface area (Å²) in [5.41, 5.74) is 2.65. The van der Waals surface area contributed by atoms with E-state index in [2.05, 4.69) is 22.1 Å². The van der Waals surface area contributed by atoms with Crippen LogP contribution in [0, 0.1) is 0 Å². The first-order chi connectivity index (χ1) is 9.61. The number of nitrogens with one attached hydrogen (secondary N) is 2. The summed E-state index contributed by atoms with van der Waals surface area (Å²) in [4.78, 5) is 3.83. The van der Waals surface area contributed by atoms with Crippen molar-refractivity contribution in [1.82, 2.24) is 9.71 Å². The van der Waals surface area contributed by atoms with Crippen LogP contribution in [0.3, 0.4) is 0 Å². The summed E-state index contributed by atoms with van der Waals surface area (Å²) in [7, 11) is -3.61. The second kappa shape index (κ2) is 8.85. The molecule has 0 aliphatic heterocycles. The number of nitrogens with zero attached hydrogens (tertiary/aromatic N) is 1. The molecule has 0 saturated carbocycles. The van der Waals surface area contributed by atoms with Gasteiger partial charge < -0.3 is 10.2 Å². The maximum atomic E-state index is 12.1. The summed E-state index contributed by atoms with van der Waals surface area (Å²) >= 11 is 0. The van der Waals surface area contributed by atoms with E-state index < -0.39 is 10.0 Å². The van der Waals surface area contributed by atoms with Crippen LogP contribution in [0.15, 0.2) is 23.4 Å². The molecule has 4 N–H and O–H groups in total. The average molecular weight is 302 g/mol. The lowest BCUT2D eigenvalue weighted by molar-refractivity contribution is 0.130. The highest BCUT2D eigenvalue weighted by molar-refractivity contribution is 7.89. The predicted octanol–water partition coefficient (Wildman–Crippen LogP) is 0.852. The van der Waals surface area contributed by atoms with Crippen molar-refractivity contribution in [2.45, 2.75) is 31.1 Å². The molecule has 0 aliphatic rings. The van der Waals surface area contributed by atoms with Gasteiger partial charge >= 0.3 is 0 Å². The Bertz CT molecular complexity index is 493. The molecule has 0 aliphatic carbocycles. The third kappa shape index (κ3) is 5.41. The maximum absolute atomic E-state index is 12.1. The number of anilines is 1. The van der Waals surface area contributed by atoms with Crippen LogP contribution in [-0.4, -0.2) is 33.2 Å². The fourth-order valence-corrected chi connectivity index (χ4v) is 2.71.